The van der Waals surface area contributed by atoms with Crippen LogP contribution in [0, 0.1) is 0 Å². The van der Waals surface area contributed by atoms with Crippen LogP contribution in [0.5, 0.6) is 0 Å². The molecule has 1 fully saturated rings. The van der Waals surface area contributed by atoms with E-state index in [4.69, 9.17) is 0 Å². The van der Waals surface area contributed by atoms with Gasteiger partial charge in [0, 0.05) is 19.3 Å². The van der Waals surface area contributed by atoms with E-state index >= 15 is 0 Å². The van der Waals surface area contributed by atoms with E-state index in [0.29, 0.717) is 13.1 Å². The summed E-state index contributed by atoms with van der Waals surface area (Å²) in [5.41, 5.74) is 0. The van der Waals surface area contributed by atoms with Crippen molar-refractivity contribution in [3.05, 3.63) is 24.3 Å². The fraction of sp³-hybridized carbons (Fsp3) is 0.571. The first kappa shape index (κ1) is 17.4. The summed E-state index contributed by atoms with van der Waals surface area (Å²) in [5.74, 6) is 0. The highest BCUT2D eigenvalue weighted by molar-refractivity contribution is 7.91. The van der Waals surface area contributed by atoms with E-state index in [1.54, 1.807) is 0 Å². The van der Waals surface area contributed by atoms with Crippen LogP contribution in [0.15, 0.2) is 34.1 Å². The summed E-state index contributed by atoms with van der Waals surface area (Å²) in [4.78, 5) is 2.22. The van der Waals surface area contributed by atoms with Gasteiger partial charge in [-0.1, -0.05) is 12.5 Å². The number of rotatable bonds is 6. The predicted molar refractivity (Wildman–Crippen MR) is 85.0 cm³/mol. The number of benzene rings is 1. The number of nitrogens with zero attached hydrogens (tertiary/aromatic N) is 1. The van der Waals surface area contributed by atoms with Gasteiger partial charge in [-0.15, -0.1) is 0 Å². The molecule has 1 aromatic rings. The molecule has 0 aromatic heterocycles. The molecule has 0 radical (unpaired) electrons. The normalized spacial score (nSPS) is 17.5. The van der Waals surface area contributed by atoms with Gasteiger partial charge in [-0.05, 0) is 44.1 Å². The Morgan fingerprint density at radius 2 is 1.68 bits per heavy atom. The average molecular weight is 346 g/mol. The van der Waals surface area contributed by atoms with Crippen molar-refractivity contribution in [2.75, 3.05) is 32.4 Å². The number of piperidine rings is 1. The minimum absolute atomic E-state index is 0.00593. The van der Waals surface area contributed by atoms with Crippen LogP contribution in [0.2, 0.25) is 0 Å². The van der Waals surface area contributed by atoms with Crippen molar-refractivity contribution in [3.8, 4) is 0 Å². The maximum absolute atomic E-state index is 12.2. The van der Waals surface area contributed by atoms with E-state index in [9.17, 15) is 16.8 Å². The van der Waals surface area contributed by atoms with E-state index in [0.717, 1.165) is 32.2 Å². The van der Waals surface area contributed by atoms with E-state index in [-0.39, 0.29) is 9.79 Å². The molecular weight excluding hydrogens is 324 g/mol. The maximum atomic E-state index is 12.2. The Morgan fingerprint density at radius 1 is 1.05 bits per heavy atom. The zero-order valence-electron chi connectivity index (χ0n) is 12.7. The predicted octanol–water partition coefficient (Wildman–Crippen LogP) is 0.854. The molecule has 0 amide bonds. The van der Waals surface area contributed by atoms with Gasteiger partial charge in [-0.2, -0.15) is 0 Å². The van der Waals surface area contributed by atoms with Gasteiger partial charge in [0.05, 0.1) is 9.79 Å². The number of nitrogens with one attached hydrogen (secondary N) is 1. The Labute approximate surface area is 132 Å². The average Bonchev–Trinajstić information content (AvgIpc) is 2.47. The van der Waals surface area contributed by atoms with Gasteiger partial charge >= 0.3 is 0 Å². The first-order chi connectivity index (χ1) is 10.3. The summed E-state index contributed by atoms with van der Waals surface area (Å²) in [5, 5.41) is 0. The summed E-state index contributed by atoms with van der Waals surface area (Å²) < 4.78 is 50.0. The molecule has 0 atom stereocenters. The lowest BCUT2D eigenvalue weighted by molar-refractivity contribution is 0.233. The van der Waals surface area contributed by atoms with Crippen molar-refractivity contribution < 1.29 is 16.8 Å². The molecule has 1 aliphatic heterocycles. The van der Waals surface area contributed by atoms with Crippen molar-refractivity contribution in [2.45, 2.75) is 29.1 Å². The van der Waals surface area contributed by atoms with Crippen molar-refractivity contribution in [1.29, 1.82) is 0 Å². The number of hydrogen-bond donors (Lipinski definition) is 1. The first-order valence-electron chi connectivity index (χ1n) is 7.31. The Kier molecular flexibility index (Phi) is 5.60. The molecule has 0 saturated carbocycles. The van der Waals surface area contributed by atoms with Crippen LogP contribution in [0.1, 0.15) is 19.3 Å². The van der Waals surface area contributed by atoms with E-state index < -0.39 is 19.9 Å². The molecule has 22 heavy (non-hydrogen) atoms. The maximum Gasteiger partial charge on any atom is 0.240 e. The largest absolute Gasteiger partial charge is 0.302 e. The highest BCUT2D eigenvalue weighted by atomic mass is 32.2. The molecule has 0 aliphatic carbocycles. The monoisotopic (exact) mass is 346 g/mol. The van der Waals surface area contributed by atoms with Crippen molar-refractivity contribution in [1.82, 2.24) is 9.62 Å². The molecule has 124 valence electrons. The summed E-state index contributed by atoms with van der Waals surface area (Å²) in [6.45, 7) is 3.01. The Morgan fingerprint density at radius 3 is 2.32 bits per heavy atom. The second kappa shape index (κ2) is 7.08. The van der Waals surface area contributed by atoms with Crippen LogP contribution >= 0.6 is 0 Å². The van der Waals surface area contributed by atoms with Crippen LogP contribution in [-0.2, 0) is 19.9 Å². The van der Waals surface area contributed by atoms with Gasteiger partial charge in [0.15, 0.2) is 9.84 Å². The molecule has 2 rings (SSSR count). The van der Waals surface area contributed by atoms with Crippen molar-refractivity contribution in [3.63, 3.8) is 0 Å². The molecule has 1 aliphatic rings. The van der Waals surface area contributed by atoms with Crippen LogP contribution in [0.4, 0.5) is 0 Å². The molecule has 0 bridgehead atoms. The third-order valence-corrected chi connectivity index (χ3v) is 6.28. The summed E-state index contributed by atoms with van der Waals surface area (Å²) in [6, 6.07) is 5.42. The number of hydrogen-bond acceptors (Lipinski definition) is 5. The van der Waals surface area contributed by atoms with E-state index in [1.165, 1.54) is 30.7 Å². The van der Waals surface area contributed by atoms with Gasteiger partial charge < -0.3 is 4.90 Å². The Hall–Kier alpha value is -0.960. The molecule has 0 spiro atoms. The lowest BCUT2D eigenvalue weighted by Gasteiger charge is -2.26. The van der Waals surface area contributed by atoms with Gasteiger partial charge in [0.2, 0.25) is 10.0 Å². The molecular formula is C14H22N2O4S2. The number of sulfonamides is 1. The zero-order valence-corrected chi connectivity index (χ0v) is 14.3. The molecule has 8 heteroatoms. The lowest BCUT2D eigenvalue weighted by atomic mass is 10.1. The fourth-order valence-corrected chi connectivity index (χ4v) is 4.28. The molecule has 0 unspecified atom stereocenters. The Bertz CT molecular complexity index is 708. The number of sulfone groups is 1. The molecule has 1 saturated heterocycles. The van der Waals surface area contributed by atoms with Crippen LogP contribution in [0.25, 0.3) is 0 Å². The quantitative estimate of drug-likeness (QED) is 0.826. The minimum atomic E-state index is -3.68. The molecule has 6 nitrogen and oxygen atoms in total. The van der Waals surface area contributed by atoms with Crippen molar-refractivity contribution in [2.24, 2.45) is 0 Å². The van der Waals surface area contributed by atoms with Gasteiger partial charge in [-0.25, -0.2) is 21.6 Å². The zero-order chi connectivity index (χ0) is 16.2. The minimum Gasteiger partial charge on any atom is -0.302 e. The molecule has 1 N–H and O–H groups in total. The lowest BCUT2D eigenvalue weighted by Crippen LogP contribution is -2.37. The molecule has 1 heterocycles. The molecule has 1 aromatic carbocycles. The van der Waals surface area contributed by atoms with Gasteiger partial charge in [0.25, 0.3) is 0 Å². The topological polar surface area (TPSA) is 83.5 Å². The standard InChI is InChI=1S/C14H22N2O4S2/c1-21(17,18)13-6-5-7-14(12-13)22(19,20)15-8-11-16-9-3-2-4-10-16/h5-7,12,15H,2-4,8-11H2,1H3. The van der Waals surface area contributed by atoms with Crippen LogP contribution < -0.4 is 4.72 Å². The van der Waals surface area contributed by atoms with Crippen LogP contribution in [0.3, 0.4) is 0 Å². The summed E-state index contributed by atoms with van der Waals surface area (Å²) in [6.07, 6.45) is 4.61. The highest BCUT2D eigenvalue weighted by Crippen LogP contribution is 2.15. The van der Waals surface area contributed by atoms with E-state index in [1.807, 2.05) is 0 Å². The second-order valence-electron chi connectivity index (χ2n) is 5.55. The van der Waals surface area contributed by atoms with Crippen LogP contribution in [-0.4, -0.2) is 54.2 Å². The first-order valence-corrected chi connectivity index (χ1v) is 10.7. The van der Waals surface area contributed by atoms with E-state index in [2.05, 4.69) is 9.62 Å². The third kappa shape index (κ3) is 4.77. The van der Waals surface area contributed by atoms with Gasteiger partial charge in [0.1, 0.15) is 0 Å². The Balaban J connectivity index is 2.01. The van der Waals surface area contributed by atoms with Crippen molar-refractivity contribution >= 4 is 19.9 Å². The summed E-state index contributed by atoms with van der Waals surface area (Å²) in [7, 11) is -7.11. The SMILES string of the molecule is CS(=O)(=O)c1cccc(S(=O)(=O)NCCN2CCCCC2)c1. The van der Waals surface area contributed by atoms with Gasteiger partial charge in [-0.3, -0.25) is 0 Å². The number of likely N-dealkylation sites (tertiary alicyclic amines) is 1. The highest BCUT2D eigenvalue weighted by Gasteiger charge is 2.17. The summed E-state index contributed by atoms with van der Waals surface area (Å²) >= 11 is 0. The smallest absolute Gasteiger partial charge is 0.240 e. The second-order valence-corrected chi connectivity index (χ2v) is 9.33. The third-order valence-electron chi connectivity index (χ3n) is 3.71. The fourth-order valence-electron chi connectivity index (χ4n) is 2.48.